The summed E-state index contributed by atoms with van der Waals surface area (Å²) in [5.41, 5.74) is 0. The van der Waals surface area contributed by atoms with Gasteiger partial charge in [0.05, 0.1) is 13.2 Å². The van der Waals surface area contributed by atoms with E-state index >= 15 is 0 Å². The van der Waals surface area contributed by atoms with Crippen LogP contribution >= 0.6 is 15.9 Å². The van der Waals surface area contributed by atoms with Crippen LogP contribution in [0.3, 0.4) is 0 Å². The predicted molar refractivity (Wildman–Crippen MR) is 52.5 cm³/mol. The summed E-state index contributed by atoms with van der Waals surface area (Å²) < 4.78 is 11.4. The third-order valence-electron chi connectivity index (χ3n) is 2.12. The fourth-order valence-electron chi connectivity index (χ4n) is 1.39. The van der Waals surface area contributed by atoms with Crippen LogP contribution in [0.1, 0.15) is 12.2 Å². The van der Waals surface area contributed by atoms with Gasteiger partial charge in [0.1, 0.15) is 5.76 Å². The van der Waals surface area contributed by atoms with E-state index in [0.717, 1.165) is 36.6 Å². The van der Waals surface area contributed by atoms with E-state index in [4.69, 9.17) is 9.15 Å². The lowest BCUT2D eigenvalue weighted by Crippen LogP contribution is -2.28. The molecule has 1 aliphatic rings. The normalized spacial score (nSPS) is 22.4. The average Bonchev–Trinajstić information content (AvgIpc) is 2.71. The molecule has 0 spiro atoms. The third kappa shape index (κ3) is 2.56. The van der Waals surface area contributed by atoms with Gasteiger partial charge in [-0.1, -0.05) is 0 Å². The first-order valence-electron chi connectivity index (χ1n) is 4.40. The molecule has 1 saturated heterocycles. The Morgan fingerprint density at radius 3 is 3.08 bits per heavy atom. The highest BCUT2D eigenvalue weighted by molar-refractivity contribution is 9.10. The number of furan rings is 1. The number of hydrogen-bond donors (Lipinski definition) is 1. The molecule has 0 amide bonds. The lowest BCUT2D eigenvalue weighted by Gasteiger charge is -2.07. The number of ether oxygens (including phenoxy) is 1. The Morgan fingerprint density at radius 2 is 2.46 bits per heavy atom. The van der Waals surface area contributed by atoms with Gasteiger partial charge in [-0.2, -0.15) is 0 Å². The summed E-state index contributed by atoms with van der Waals surface area (Å²) in [6.07, 6.45) is 1.10. The van der Waals surface area contributed by atoms with E-state index in [0.29, 0.717) is 6.04 Å². The Morgan fingerprint density at radius 1 is 1.54 bits per heavy atom. The SMILES string of the molecule is Brc1ccc(CNC2CCOC2)o1. The maximum atomic E-state index is 5.36. The van der Waals surface area contributed by atoms with E-state index in [-0.39, 0.29) is 0 Å². The quantitative estimate of drug-likeness (QED) is 0.884. The molecule has 1 aromatic rings. The Hall–Kier alpha value is -0.320. The van der Waals surface area contributed by atoms with Crippen molar-refractivity contribution in [3.8, 4) is 0 Å². The van der Waals surface area contributed by atoms with Crippen molar-refractivity contribution in [1.82, 2.24) is 5.32 Å². The number of halogens is 1. The standard InChI is InChI=1S/C9H12BrNO2/c10-9-2-1-8(13-9)5-11-7-3-4-12-6-7/h1-2,7,11H,3-6H2. The van der Waals surface area contributed by atoms with Crippen LogP contribution in [0, 0.1) is 0 Å². The summed E-state index contributed by atoms with van der Waals surface area (Å²) in [7, 11) is 0. The second-order valence-electron chi connectivity index (χ2n) is 3.15. The summed E-state index contributed by atoms with van der Waals surface area (Å²) in [6, 6.07) is 4.36. The molecule has 2 rings (SSSR count). The summed E-state index contributed by atoms with van der Waals surface area (Å²) in [6.45, 7) is 2.47. The molecule has 3 nitrogen and oxygen atoms in total. The summed E-state index contributed by atoms with van der Waals surface area (Å²) >= 11 is 3.27. The Bertz CT molecular complexity index is 268. The molecule has 1 unspecified atom stereocenters. The zero-order valence-corrected chi connectivity index (χ0v) is 8.84. The smallest absolute Gasteiger partial charge is 0.169 e. The Kier molecular flexibility index (Phi) is 3.03. The molecule has 72 valence electrons. The van der Waals surface area contributed by atoms with Crippen molar-refractivity contribution < 1.29 is 9.15 Å². The van der Waals surface area contributed by atoms with Crippen LogP contribution in [0.2, 0.25) is 0 Å². The number of hydrogen-bond acceptors (Lipinski definition) is 3. The van der Waals surface area contributed by atoms with Crippen molar-refractivity contribution in [2.75, 3.05) is 13.2 Å². The minimum absolute atomic E-state index is 0.490. The van der Waals surface area contributed by atoms with Crippen molar-refractivity contribution in [2.24, 2.45) is 0 Å². The zero-order chi connectivity index (χ0) is 9.10. The van der Waals surface area contributed by atoms with Crippen molar-refractivity contribution >= 4 is 15.9 Å². The molecule has 0 radical (unpaired) electrons. The maximum Gasteiger partial charge on any atom is 0.169 e. The first-order valence-corrected chi connectivity index (χ1v) is 5.19. The molecular weight excluding hydrogens is 234 g/mol. The lowest BCUT2D eigenvalue weighted by molar-refractivity contribution is 0.189. The minimum Gasteiger partial charge on any atom is -0.453 e. The van der Waals surface area contributed by atoms with Crippen LogP contribution in [-0.4, -0.2) is 19.3 Å². The van der Waals surface area contributed by atoms with E-state index in [1.807, 2.05) is 12.1 Å². The van der Waals surface area contributed by atoms with Crippen LogP contribution in [0.4, 0.5) is 0 Å². The van der Waals surface area contributed by atoms with Crippen LogP contribution in [0.5, 0.6) is 0 Å². The van der Waals surface area contributed by atoms with Gasteiger partial charge in [0.2, 0.25) is 0 Å². The lowest BCUT2D eigenvalue weighted by atomic mass is 10.2. The van der Waals surface area contributed by atoms with Gasteiger partial charge in [-0.15, -0.1) is 0 Å². The van der Waals surface area contributed by atoms with Gasteiger partial charge in [0.15, 0.2) is 4.67 Å². The molecule has 13 heavy (non-hydrogen) atoms. The van der Waals surface area contributed by atoms with Gasteiger partial charge in [-0.05, 0) is 34.5 Å². The van der Waals surface area contributed by atoms with Crippen molar-refractivity contribution in [3.63, 3.8) is 0 Å². The maximum absolute atomic E-state index is 5.36. The third-order valence-corrected chi connectivity index (χ3v) is 2.55. The van der Waals surface area contributed by atoms with E-state index < -0.39 is 0 Å². The van der Waals surface area contributed by atoms with E-state index in [2.05, 4.69) is 21.2 Å². The van der Waals surface area contributed by atoms with Crippen LogP contribution in [0.15, 0.2) is 21.2 Å². The van der Waals surface area contributed by atoms with Gasteiger partial charge < -0.3 is 14.5 Å². The molecule has 2 heterocycles. The molecule has 0 aromatic carbocycles. The number of rotatable bonds is 3. The average molecular weight is 246 g/mol. The first kappa shape index (κ1) is 9.24. The van der Waals surface area contributed by atoms with Gasteiger partial charge in [-0.3, -0.25) is 0 Å². The highest BCUT2D eigenvalue weighted by Gasteiger charge is 2.14. The van der Waals surface area contributed by atoms with E-state index in [9.17, 15) is 0 Å². The highest BCUT2D eigenvalue weighted by Crippen LogP contribution is 2.14. The molecule has 0 saturated carbocycles. The fourth-order valence-corrected chi connectivity index (χ4v) is 1.73. The van der Waals surface area contributed by atoms with Gasteiger partial charge in [0, 0.05) is 12.6 Å². The molecule has 1 N–H and O–H groups in total. The fraction of sp³-hybridized carbons (Fsp3) is 0.556. The first-order chi connectivity index (χ1) is 6.34. The molecule has 1 aliphatic heterocycles. The molecule has 1 fully saturated rings. The van der Waals surface area contributed by atoms with Crippen molar-refractivity contribution in [2.45, 2.75) is 19.0 Å². The molecule has 1 atom stereocenters. The van der Waals surface area contributed by atoms with Crippen LogP contribution < -0.4 is 5.32 Å². The number of nitrogens with one attached hydrogen (secondary N) is 1. The Balaban J connectivity index is 1.78. The monoisotopic (exact) mass is 245 g/mol. The van der Waals surface area contributed by atoms with Gasteiger partial charge in [0.25, 0.3) is 0 Å². The topological polar surface area (TPSA) is 34.4 Å². The highest BCUT2D eigenvalue weighted by atomic mass is 79.9. The molecular formula is C9H12BrNO2. The van der Waals surface area contributed by atoms with Crippen molar-refractivity contribution in [1.29, 1.82) is 0 Å². The summed E-state index contributed by atoms with van der Waals surface area (Å²) in [4.78, 5) is 0. The largest absolute Gasteiger partial charge is 0.453 e. The van der Waals surface area contributed by atoms with E-state index in [1.54, 1.807) is 0 Å². The van der Waals surface area contributed by atoms with Crippen molar-refractivity contribution in [3.05, 3.63) is 22.6 Å². The van der Waals surface area contributed by atoms with Crippen LogP contribution in [0.25, 0.3) is 0 Å². The summed E-state index contributed by atoms with van der Waals surface area (Å²) in [5, 5.41) is 3.37. The summed E-state index contributed by atoms with van der Waals surface area (Å²) in [5.74, 6) is 0.957. The van der Waals surface area contributed by atoms with Gasteiger partial charge in [-0.25, -0.2) is 0 Å². The molecule has 1 aromatic heterocycles. The van der Waals surface area contributed by atoms with E-state index in [1.165, 1.54) is 0 Å². The molecule has 0 aliphatic carbocycles. The molecule has 4 heteroatoms. The van der Waals surface area contributed by atoms with Crippen LogP contribution in [-0.2, 0) is 11.3 Å². The zero-order valence-electron chi connectivity index (χ0n) is 7.25. The Labute approximate surface area is 85.6 Å². The second-order valence-corrected chi connectivity index (χ2v) is 3.93. The minimum atomic E-state index is 0.490. The predicted octanol–water partition coefficient (Wildman–Crippen LogP) is 1.92. The van der Waals surface area contributed by atoms with Gasteiger partial charge >= 0.3 is 0 Å². The second kappa shape index (κ2) is 4.26. The molecule has 0 bridgehead atoms.